The lowest BCUT2D eigenvalue weighted by Gasteiger charge is -2.11. The Morgan fingerprint density at radius 3 is 2.57 bits per heavy atom. The van der Waals surface area contributed by atoms with Crippen molar-refractivity contribution >= 4 is 23.0 Å². The van der Waals surface area contributed by atoms with Crippen LogP contribution < -0.4 is 4.90 Å². The highest BCUT2D eigenvalue weighted by molar-refractivity contribution is 5.79. The number of carbonyl (C=O) groups excluding carboxylic acids is 1. The van der Waals surface area contributed by atoms with E-state index < -0.39 is 0 Å². The van der Waals surface area contributed by atoms with E-state index in [0.717, 1.165) is 48.0 Å². The van der Waals surface area contributed by atoms with Crippen LogP contribution in [0.25, 0.3) is 11.0 Å². The number of imidazole rings is 1. The van der Waals surface area contributed by atoms with Crippen LogP contribution in [-0.4, -0.2) is 30.3 Å². The molecule has 23 heavy (non-hydrogen) atoms. The molecule has 2 aromatic carbocycles. The summed E-state index contributed by atoms with van der Waals surface area (Å²) in [6, 6.07) is 14.0. The summed E-state index contributed by atoms with van der Waals surface area (Å²) < 4.78 is 0. The van der Waals surface area contributed by atoms with Gasteiger partial charge in [-0.05, 0) is 36.6 Å². The number of hydrogen-bond donors (Lipinski definition) is 1. The Morgan fingerprint density at radius 2 is 1.87 bits per heavy atom. The predicted octanol–water partition coefficient (Wildman–Crippen LogP) is 3.62. The zero-order valence-electron chi connectivity index (χ0n) is 13.5. The molecular weight excluding hydrogens is 286 g/mol. The molecule has 1 aromatic heterocycles. The molecule has 0 spiro atoms. The van der Waals surface area contributed by atoms with E-state index in [1.807, 2.05) is 38.4 Å². The van der Waals surface area contributed by atoms with Gasteiger partial charge in [-0.2, -0.15) is 0 Å². The quantitative estimate of drug-likeness (QED) is 0.708. The lowest BCUT2D eigenvalue weighted by Crippen LogP contribution is -2.07. The van der Waals surface area contributed by atoms with Gasteiger partial charge in [0.25, 0.3) is 0 Å². The number of anilines is 1. The SMILES string of the molecule is CN(C)c1ccc2nc(CCCc3ccc(C=O)cc3)[nH]c2c1. The minimum absolute atomic E-state index is 0.725. The highest BCUT2D eigenvalue weighted by Gasteiger charge is 2.05. The summed E-state index contributed by atoms with van der Waals surface area (Å²) in [4.78, 5) is 20.8. The molecule has 0 amide bonds. The fourth-order valence-electron chi connectivity index (χ4n) is 2.67. The van der Waals surface area contributed by atoms with Crippen molar-refractivity contribution in [3.63, 3.8) is 0 Å². The average Bonchev–Trinajstić information content (AvgIpc) is 2.97. The Labute approximate surface area is 136 Å². The number of rotatable bonds is 6. The first kappa shape index (κ1) is 15.3. The van der Waals surface area contributed by atoms with Gasteiger partial charge in [0.1, 0.15) is 12.1 Å². The van der Waals surface area contributed by atoms with E-state index in [1.54, 1.807) is 0 Å². The average molecular weight is 307 g/mol. The number of fused-ring (bicyclic) bond motifs is 1. The van der Waals surface area contributed by atoms with E-state index in [2.05, 4.69) is 33.1 Å². The number of aromatic amines is 1. The predicted molar refractivity (Wildman–Crippen MR) is 94.3 cm³/mol. The van der Waals surface area contributed by atoms with Gasteiger partial charge in [-0.1, -0.05) is 24.3 Å². The zero-order chi connectivity index (χ0) is 16.2. The van der Waals surface area contributed by atoms with E-state index in [1.165, 1.54) is 11.3 Å². The highest BCUT2D eigenvalue weighted by atomic mass is 16.1. The smallest absolute Gasteiger partial charge is 0.150 e. The van der Waals surface area contributed by atoms with Crippen molar-refractivity contribution in [3.05, 3.63) is 59.4 Å². The van der Waals surface area contributed by atoms with Crippen LogP contribution in [-0.2, 0) is 12.8 Å². The normalized spacial score (nSPS) is 10.9. The topological polar surface area (TPSA) is 49.0 Å². The number of hydrogen-bond acceptors (Lipinski definition) is 3. The number of H-pyrrole nitrogens is 1. The maximum atomic E-state index is 10.7. The molecule has 0 aliphatic rings. The van der Waals surface area contributed by atoms with Crippen molar-refractivity contribution in [2.24, 2.45) is 0 Å². The van der Waals surface area contributed by atoms with Crippen molar-refractivity contribution < 1.29 is 4.79 Å². The van der Waals surface area contributed by atoms with Crippen molar-refractivity contribution in [2.75, 3.05) is 19.0 Å². The molecule has 1 N–H and O–H groups in total. The molecule has 4 heteroatoms. The van der Waals surface area contributed by atoms with Crippen LogP contribution >= 0.6 is 0 Å². The van der Waals surface area contributed by atoms with Gasteiger partial charge in [0, 0.05) is 31.8 Å². The molecule has 0 bridgehead atoms. The Bertz CT molecular complexity index is 803. The molecule has 1 heterocycles. The van der Waals surface area contributed by atoms with Crippen LogP contribution in [0.2, 0.25) is 0 Å². The first-order valence-electron chi connectivity index (χ1n) is 7.86. The maximum absolute atomic E-state index is 10.7. The second kappa shape index (κ2) is 6.65. The van der Waals surface area contributed by atoms with Crippen LogP contribution in [0, 0.1) is 0 Å². The van der Waals surface area contributed by atoms with Crippen molar-refractivity contribution in [2.45, 2.75) is 19.3 Å². The summed E-state index contributed by atoms with van der Waals surface area (Å²) in [6.07, 6.45) is 3.81. The monoisotopic (exact) mass is 307 g/mol. The number of nitrogens with one attached hydrogen (secondary N) is 1. The summed E-state index contributed by atoms with van der Waals surface area (Å²) in [5.41, 5.74) is 5.25. The van der Waals surface area contributed by atoms with E-state index >= 15 is 0 Å². The highest BCUT2D eigenvalue weighted by Crippen LogP contribution is 2.19. The molecule has 3 aromatic rings. The fourth-order valence-corrected chi connectivity index (χ4v) is 2.67. The molecule has 0 saturated heterocycles. The number of nitrogens with zero attached hydrogens (tertiary/aromatic N) is 2. The Balaban J connectivity index is 1.63. The largest absolute Gasteiger partial charge is 0.378 e. The number of benzene rings is 2. The molecule has 0 saturated carbocycles. The van der Waals surface area contributed by atoms with Crippen LogP contribution in [0.3, 0.4) is 0 Å². The number of carbonyl (C=O) groups is 1. The molecule has 0 aliphatic carbocycles. The Morgan fingerprint density at radius 1 is 1.09 bits per heavy atom. The number of aryl methyl sites for hydroxylation is 2. The standard InChI is InChI=1S/C19H21N3O/c1-22(2)16-10-11-17-18(12-16)21-19(20-17)5-3-4-14-6-8-15(13-23)9-7-14/h6-13H,3-5H2,1-2H3,(H,20,21). The minimum Gasteiger partial charge on any atom is -0.378 e. The summed E-state index contributed by atoms with van der Waals surface area (Å²) >= 11 is 0. The summed E-state index contributed by atoms with van der Waals surface area (Å²) in [7, 11) is 4.07. The van der Waals surface area contributed by atoms with Crippen LogP contribution in [0.4, 0.5) is 5.69 Å². The van der Waals surface area contributed by atoms with Crippen molar-refractivity contribution in [3.8, 4) is 0 Å². The van der Waals surface area contributed by atoms with E-state index in [0.29, 0.717) is 0 Å². The molecule has 0 aliphatic heterocycles. The Hall–Kier alpha value is -2.62. The third kappa shape index (κ3) is 3.59. The third-order valence-corrected chi connectivity index (χ3v) is 4.03. The first-order valence-corrected chi connectivity index (χ1v) is 7.86. The molecule has 0 radical (unpaired) electrons. The second-order valence-corrected chi connectivity index (χ2v) is 5.99. The summed E-state index contributed by atoms with van der Waals surface area (Å²) in [6.45, 7) is 0. The van der Waals surface area contributed by atoms with Gasteiger partial charge in [-0.25, -0.2) is 4.98 Å². The number of aldehydes is 1. The molecular formula is C19H21N3O. The van der Waals surface area contributed by atoms with Gasteiger partial charge in [0.2, 0.25) is 0 Å². The summed E-state index contributed by atoms with van der Waals surface area (Å²) in [5.74, 6) is 1.03. The van der Waals surface area contributed by atoms with Gasteiger partial charge >= 0.3 is 0 Å². The maximum Gasteiger partial charge on any atom is 0.150 e. The minimum atomic E-state index is 0.725. The van der Waals surface area contributed by atoms with E-state index in [-0.39, 0.29) is 0 Å². The molecule has 3 rings (SSSR count). The third-order valence-electron chi connectivity index (χ3n) is 4.03. The lowest BCUT2D eigenvalue weighted by atomic mass is 10.1. The molecule has 4 nitrogen and oxygen atoms in total. The van der Waals surface area contributed by atoms with Gasteiger partial charge in [0.05, 0.1) is 11.0 Å². The van der Waals surface area contributed by atoms with Gasteiger partial charge in [-0.3, -0.25) is 4.79 Å². The summed E-state index contributed by atoms with van der Waals surface area (Å²) in [5, 5.41) is 0. The lowest BCUT2D eigenvalue weighted by molar-refractivity contribution is 0.112. The molecule has 0 atom stereocenters. The van der Waals surface area contributed by atoms with Crippen LogP contribution in [0.15, 0.2) is 42.5 Å². The van der Waals surface area contributed by atoms with Crippen LogP contribution in [0.1, 0.15) is 28.2 Å². The molecule has 118 valence electrons. The Kier molecular flexibility index (Phi) is 4.42. The molecule has 0 fully saturated rings. The van der Waals surface area contributed by atoms with Gasteiger partial charge < -0.3 is 9.88 Å². The van der Waals surface area contributed by atoms with Crippen molar-refractivity contribution in [1.29, 1.82) is 0 Å². The first-order chi connectivity index (χ1) is 11.2. The second-order valence-electron chi connectivity index (χ2n) is 5.99. The van der Waals surface area contributed by atoms with E-state index in [9.17, 15) is 4.79 Å². The van der Waals surface area contributed by atoms with E-state index in [4.69, 9.17) is 0 Å². The fraction of sp³-hybridized carbons (Fsp3) is 0.263. The molecule has 0 unspecified atom stereocenters. The van der Waals surface area contributed by atoms with Gasteiger partial charge in [0.15, 0.2) is 0 Å². The number of aromatic nitrogens is 2. The van der Waals surface area contributed by atoms with Crippen molar-refractivity contribution in [1.82, 2.24) is 9.97 Å². The van der Waals surface area contributed by atoms with Crippen LogP contribution in [0.5, 0.6) is 0 Å². The van der Waals surface area contributed by atoms with Gasteiger partial charge in [-0.15, -0.1) is 0 Å². The zero-order valence-corrected chi connectivity index (χ0v) is 13.5.